The van der Waals surface area contributed by atoms with E-state index in [4.69, 9.17) is 4.74 Å². The third-order valence-corrected chi connectivity index (χ3v) is 6.02. The van der Waals surface area contributed by atoms with Crippen LogP contribution in [0.15, 0.2) is 42.5 Å². The largest absolute Gasteiger partial charge is 0.497 e. The highest BCUT2D eigenvalue weighted by atomic mass is 16.5. The molecule has 2 heterocycles. The van der Waals surface area contributed by atoms with Crippen molar-refractivity contribution in [2.75, 3.05) is 32.1 Å². The van der Waals surface area contributed by atoms with Gasteiger partial charge in [-0.25, -0.2) is 0 Å². The SMILES string of the molecule is COc1ccc2c(c1)C1(CCN(C(=O)Cc3ccccc3C)C1)C(=O)N2C. The van der Waals surface area contributed by atoms with Crippen LogP contribution in [0.25, 0.3) is 0 Å². The molecule has 0 radical (unpaired) electrons. The number of hydrogen-bond donors (Lipinski definition) is 0. The molecular weight excluding hydrogens is 340 g/mol. The van der Waals surface area contributed by atoms with E-state index in [1.165, 1.54) is 0 Å². The molecule has 0 bridgehead atoms. The van der Waals surface area contributed by atoms with Gasteiger partial charge in [-0.3, -0.25) is 9.59 Å². The van der Waals surface area contributed by atoms with Gasteiger partial charge in [-0.2, -0.15) is 0 Å². The highest BCUT2D eigenvalue weighted by Crippen LogP contribution is 2.48. The van der Waals surface area contributed by atoms with Gasteiger partial charge in [-0.15, -0.1) is 0 Å². The number of carbonyl (C=O) groups is 2. The Bertz CT molecular complexity index is 924. The van der Waals surface area contributed by atoms with Crippen LogP contribution >= 0.6 is 0 Å². The lowest BCUT2D eigenvalue weighted by Crippen LogP contribution is -2.42. The van der Waals surface area contributed by atoms with E-state index in [1.54, 1.807) is 19.1 Å². The van der Waals surface area contributed by atoms with Crippen LogP contribution in [0.4, 0.5) is 5.69 Å². The number of likely N-dealkylation sites (N-methyl/N-ethyl adjacent to an activating group) is 1. The first-order chi connectivity index (χ1) is 13.0. The summed E-state index contributed by atoms with van der Waals surface area (Å²) in [5.41, 5.74) is 3.39. The fourth-order valence-corrected chi connectivity index (χ4v) is 4.36. The summed E-state index contributed by atoms with van der Waals surface area (Å²) in [5.74, 6) is 0.880. The monoisotopic (exact) mass is 364 g/mol. The van der Waals surface area contributed by atoms with Crippen LogP contribution in [0, 0.1) is 6.92 Å². The van der Waals surface area contributed by atoms with Crippen LogP contribution < -0.4 is 9.64 Å². The molecule has 2 amide bonds. The first kappa shape index (κ1) is 17.6. The van der Waals surface area contributed by atoms with E-state index < -0.39 is 5.41 Å². The highest BCUT2D eigenvalue weighted by molar-refractivity contribution is 6.08. The molecule has 2 aliphatic heterocycles. The van der Waals surface area contributed by atoms with Gasteiger partial charge >= 0.3 is 0 Å². The van der Waals surface area contributed by atoms with Gasteiger partial charge in [-0.1, -0.05) is 24.3 Å². The Kier molecular flexibility index (Phi) is 4.17. The van der Waals surface area contributed by atoms with Crippen molar-refractivity contribution in [3.63, 3.8) is 0 Å². The number of likely N-dealkylation sites (tertiary alicyclic amines) is 1. The number of anilines is 1. The van der Waals surface area contributed by atoms with Crippen LogP contribution in [0.2, 0.25) is 0 Å². The summed E-state index contributed by atoms with van der Waals surface area (Å²) in [6.45, 7) is 3.05. The topological polar surface area (TPSA) is 49.9 Å². The van der Waals surface area contributed by atoms with Crippen molar-refractivity contribution in [2.24, 2.45) is 0 Å². The summed E-state index contributed by atoms with van der Waals surface area (Å²) in [6, 6.07) is 13.7. The van der Waals surface area contributed by atoms with E-state index in [9.17, 15) is 9.59 Å². The van der Waals surface area contributed by atoms with Crippen molar-refractivity contribution in [3.05, 3.63) is 59.2 Å². The van der Waals surface area contributed by atoms with Gasteiger partial charge in [0.2, 0.25) is 11.8 Å². The van der Waals surface area contributed by atoms with E-state index in [2.05, 4.69) is 0 Å². The average Bonchev–Trinajstić information content (AvgIpc) is 3.21. The number of nitrogens with zero attached hydrogens (tertiary/aromatic N) is 2. The Morgan fingerprint density at radius 2 is 2.00 bits per heavy atom. The summed E-state index contributed by atoms with van der Waals surface area (Å²) < 4.78 is 5.37. The van der Waals surface area contributed by atoms with Gasteiger partial charge in [0, 0.05) is 25.8 Å². The predicted molar refractivity (Wildman–Crippen MR) is 104 cm³/mol. The maximum absolute atomic E-state index is 13.1. The van der Waals surface area contributed by atoms with E-state index in [0.717, 1.165) is 28.1 Å². The number of methoxy groups -OCH3 is 1. The Labute approximate surface area is 159 Å². The summed E-state index contributed by atoms with van der Waals surface area (Å²) in [4.78, 5) is 29.6. The maximum Gasteiger partial charge on any atom is 0.239 e. The summed E-state index contributed by atoms with van der Waals surface area (Å²) in [7, 11) is 3.43. The molecule has 1 atom stereocenters. The number of aryl methyl sites for hydroxylation is 1. The number of benzene rings is 2. The van der Waals surface area contributed by atoms with E-state index in [-0.39, 0.29) is 11.8 Å². The van der Waals surface area contributed by atoms with Gasteiger partial charge < -0.3 is 14.5 Å². The molecular formula is C22H24N2O3. The Balaban J connectivity index is 1.61. The number of carbonyl (C=O) groups excluding carboxylic acids is 2. The molecule has 1 unspecified atom stereocenters. The normalized spacial score (nSPS) is 21.1. The zero-order chi connectivity index (χ0) is 19.2. The van der Waals surface area contributed by atoms with Gasteiger partial charge in [-0.05, 0) is 48.2 Å². The Hall–Kier alpha value is -2.82. The molecule has 1 spiro atoms. The standard InChI is InChI=1S/C22H24N2O3/c1-15-6-4-5-7-16(15)12-20(25)24-11-10-22(14-24)18-13-17(27-3)8-9-19(18)23(2)21(22)26/h4-9,13H,10-12,14H2,1-3H3. The second kappa shape index (κ2) is 6.41. The van der Waals surface area contributed by atoms with Gasteiger partial charge in [0.1, 0.15) is 5.75 Å². The molecule has 0 aromatic heterocycles. The smallest absolute Gasteiger partial charge is 0.239 e. The fourth-order valence-electron chi connectivity index (χ4n) is 4.36. The second-order valence-corrected chi connectivity index (χ2v) is 7.50. The first-order valence-corrected chi connectivity index (χ1v) is 9.25. The summed E-state index contributed by atoms with van der Waals surface area (Å²) in [6.07, 6.45) is 1.02. The number of amides is 2. The summed E-state index contributed by atoms with van der Waals surface area (Å²) in [5, 5.41) is 0. The molecule has 0 N–H and O–H groups in total. The summed E-state index contributed by atoms with van der Waals surface area (Å²) >= 11 is 0. The third kappa shape index (κ3) is 2.69. The Morgan fingerprint density at radius 3 is 2.74 bits per heavy atom. The predicted octanol–water partition coefficient (Wildman–Crippen LogP) is 2.69. The molecule has 4 rings (SSSR count). The molecule has 2 aliphatic rings. The number of rotatable bonds is 3. The molecule has 5 heteroatoms. The zero-order valence-corrected chi connectivity index (χ0v) is 16.0. The fraction of sp³-hybridized carbons (Fsp3) is 0.364. The van der Waals surface area contributed by atoms with Crippen LogP contribution in [0.1, 0.15) is 23.1 Å². The minimum absolute atomic E-state index is 0.0666. The quantitative estimate of drug-likeness (QED) is 0.841. The van der Waals surface area contributed by atoms with E-state index in [0.29, 0.717) is 25.9 Å². The molecule has 0 saturated carbocycles. The van der Waals surface area contributed by atoms with Crippen molar-refractivity contribution < 1.29 is 14.3 Å². The first-order valence-electron chi connectivity index (χ1n) is 9.25. The third-order valence-electron chi connectivity index (χ3n) is 6.02. The molecule has 0 aliphatic carbocycles. The van der Waals surface area contributed by atoms with Crippen molar-refractivity contribution >= 4 is 17.5 Å². The molecule has 2 aromatic rings. The Morgan fingerprint density at radius 1 is 1.22 bits per heavy atom. The second-order valence-electron chi connectivity index (χ2n) is 7.50. The molecule has 27 heavy (non-hydrogen) atoms. The van der Waals surface area contributed by atoms with Crippen molar-refractivity contribution in [2.45, 2.75) is 25.2 Å². The lowest BCUT2D eigenvalue weighted by molar-refractivity contribution is -0.130. The van der Waals surface area contributed by atoms with Gasteiger partial charge in [0.25, 0.3) is 0 Å². The van der Waals surface area contributed by atoms with Gasteiger partial charge in [0.05, 0.1) is 18.9 Å². The van der Waals surface area contributed by atoms with Crippen LogP contribution in [-0.2, 0) is 21.4 Å². The molecule has 1 saturated heterocycles. The van der Waals surface area contributed by atoms with Crippen molar-refractivity contribution in [3.8, 4) is 5.75 Å². The zero-order valence-electron chi connectivity index (χ0n) is 16.0. The lowest BCUT2D eigenvalue weighted by atomic mass is 9.81. The molecule has 140 valence electrons. The van der Waals surface area contributed by atoms with Crippen molar-refractivity contribution in [1.29, 1.82) is 0 Å². The molecule has 2 aromatic carbocycles. The lowest BCUT2D eigenvalue weighted by Gasteiger charge is -2.24. The van der Waals surface area contributed by atoms with E-state index >= 15 is 0 Å². The van der Waals surface area contributed by atoms with Crippen molar-refractivity contribution in [1.82, 2.24) is 4.90 Å². The van der Waals surface area contributed by atoms with E-state index in [1.807, 2.05) is 54.3 Å². The average molecular weight is 364 g/mol. The van der Waals surface area contributed by atoms with Crippen LogP contribution in [0.3, 0.4) is 0 Å². The maximum atomic E-state index is 13.1. The number of ether oxygens (including phenoxy) is 1. The highest BCUT2D eigenvalue weighted by Gasteiger charge is 2.54. The molecule has 5 nitrogen and oxygen atoms in total. The number of hydrogen-bond acceptors (Lipinski definition) is 3. The minimum Gasteiger partial charge on any atom is -0.497 e. The minimum atomic E-state index is -0.653. The van der Waals surface area contributed by atoms with Gasteiger partial charge in [0.15, 0.2) is 0 Å². The number of fused-ring (bicyclic) bond motifs is 2. The molecule has 1 fully saturated rings. The van der Waals surface area contributed by atoms with Crippen LogP contribution in [-0.4, -0.2) is 44.0 Å². The van der Waals surface area contributed by atoms with Crippen LogP contribution in [0.5, 0.6) is 5.75 Å².